The van der Waals surface area contributed by atoms with E-state index < -0.39 is 0 Å². The van der Waals surface area contributed by atoms with E-state index in [1.54, 1.807) is 14.2 Å². The van der Waals surface area contributed by atoms with Gasteiger partial charge in [-0.05, 0) is 38.6 Å². The zero-order valence-electron chi connectivity index (χ0n) is 12.7. The van der Waals surface area contributed by atoms with Crippen LogP contribution in [0.4, 0.5) is 5.69 Å². The normalized spacial score (nSPS) is 12.1. The second kappa shape index (κ2) is 7.89. The van der Waals surface area contributed by atoms with Gasteiger partial charge in [0.25, 0.3) is 0 Å². The van der Waals surface area contributed by atoms with Crippen LogP contribution in [-0.2, 0) is 0 Å². The number of methoxy groups -OCH3 is 2. The van der Waals surface area contributed by atoms with Crippen LogP contribution in [0.25, 0.3) is 0 Å². The first-order chi connectivity index (χ1) is 9.17. The molecule has 0 saturated heterocycles. The van der Waals surface area contributed by atoms with Gasteiger partial charge in [-0.3, -0.25) is 0 Å². The Morgan fingerprint density at radius 2 is 1.89 bits per heavy atom. The number of ether oxygens (including phenoxy) is 2. The molecule has 2 N–H and O–H groups in total. The van der Waals surface area contributed by atoms with Crippen LogP contribution in [0, 0.1) is 12.8 Å². The summed E-state index contributed by atoms with van der Waals surface area (Å²) in [4.78, 5) is 0. The van der Waals surface area contributed by atoms with Crippen LogP contribution in [0.3, 0.4) is 0 Å². The molecule has 19 heavy (non-hydrogen) atoms. The van der Waals surface area contributed by atoms with Crippen LogP contribution in [0.2, 0.25) is 0 Å². The molecule has 4 heteroatoms. The first-order valence-corrected chi connectivity index (χ1v) is 6.77. The Balaban J connectivity index is 2.80. The molecule has 1 unspecified atom stereocenters. The fraction of sp³-hybridized carbons (Fsp3) is 0.600. The van der Waals surface area contributed by atoms with Crippen molar-refractivity contribution in [1.82, 2.24) is 5.32 Å². The molecule has 1 atom stereocenters. The van der Waals surface area contributed by atoms with Crippen molar-refractivity contribution in [2.75, 3.05) is 39.7 Å². The third kappa shape index (κ3) is 4.03. The smallest absolute Gasteiger partial charge is 0.148 e. The zero-order valence-corrected chi connectivity index (χ0v) is 12.7. The van der Waals surface area contributed by atoms with Crippen LogP contribution in [0.1, 0.15) is 18.9 Å². The zero-order chi connectivity index (χ0) is 14.3. The minimum Gasteiger partial charge on any atom is -0.496 e. The highest BCUT2D eigenvalue weighted by molar-refractivity contribution is 5.63. The topological polar surface area (TPSA) is 42.5 Å². The Morgan fingerprint density at radius 3 is 2.42 bits per heavy atom. The number of hydrogen-bond donors (Lipinski definition) is 2. The van der Waals surface area contributed by atoms with Gasteiger partial charge in [-0.1, -0.05) is 13.3 Å². The van der Waals surface area contributed by atoms with Crippen LogP contribution in [0.5, 0.6) is 11.5 Å². The first kappa shape index (κ1) is 15.6. The second-order valence-electron chi connectivity index (χ2n) is 4.69. The molecule has 0 aliphatic heterocycles. The molecule has 1 aromatic rings. The summed E-state index contributed by atoms with van der Waals surface area (Å²) in [5, 5.41) is 6.69. The molecule has 0 saturated carbocycles. The lowest BCUT2D eigenvalue weighted by Crippen LogP contribution is -2.25. The molecule has 0 bridgehead atoms. The van der Waals surface area contributed by atoms with Gasteiger partial charge in [0, 0.05) is 12.1 Å². The van der Waals surface area contributed by atoms with Gasteiger partial charge >= 0.3 is 0 Å². The van der Waals surface area contributed by atoms with E-state index in [0.717, 1.165) is 42.3 Å². The summed E-state index contributed by atoms with van der Waals surface area (Å²) in [6.45, 7) is 6.16. The number of benzene rings is 1. The van der Waals surface area contributed by atoms with Crippen molar-refractivity contribution in [3.63, 3.8) is 0 Å². The van der Waals surface area contributed by atoms with Gasteiger partial charge in [0.1, 0.15) is 11.5 Å². The molecule has 1 rings (SSSR count). The Morgan fingerprint density at radius 1 is 1.16 bits per heavy atom. The standard InChI is InChI=1S/C15H26N2O2/c1-6-12(9-16-3)10-17-13-7-8-14(18-4)11(2)15(13)19-5/h7-8,12,16-17H,6,9-10H2,1-5H3. The molecule has 0 heterocycles. The Kier molecular flexibility index (Phi) is 6.50. The Bertz CT molecular complexity index is 394. The van der Waals surface area contributed by atoms with Crippen molar-refractivity contribution < 1.29 is 9.47 Å². The van der Waals surface area contributed by atoms with Crippen LogP contribution >= 0.6 is 0 Å². The highest BCUT2D eigenvalue weighted by Crippen LogP contribution is 2.34. The monoisotopic (exact) mass is 266 g/mol. The van der Waals surface area contributed by atoms with E-state index in [1.165, 1.54) is 0 Å². The summed E-state index contributed by atoms with van der Waals surface area (Å²) in [7, 11) is 5.35. The number of rotatable bonds is 8. The van der Waals surface area contributed by atoms with Gasteiger partial charge in [-0.2, -0.15) is 0 Å². The van der Waals surface area contributed by atoms with Gasteiger partial charge in [0.15, 0.2) is 0 Å². The second-order valence-corrected chi connectivity index (χ2v) is 4.69. The van der Waals surface area contributed by atoms with Gasteiger partial charge < -0.3 is 20.1 Å². The van der Waals surface area contributed by atoms with Gasteiger partial charge in [-0.15, -0.1) is 0 Å². The maximum atomic E-state index is 5.49. The van der Waals surface area contributed by atoms with E-state index in [9.17, 15) is 0 Å². The first-order valence-electron chi connectivity index (χ1n) is 6.77. The summed E-state index contributed by atoms with van der Waals surface area (Å²) in [5.41, 5.74) is 2.05. The van der Waals surface area contributed by atoms with Crippen molar-refractivity contribution in [1.29, 1.82) is 0 Å². The highest BCUT2D eigenvalue weighted by Gasteiger charge is 2.12. The number of hydrogen-bond acceptors (Lipinski definition) is 4. The van der Waals surface area contributed by atoms with E-state index in [2.05, 4.69) is 17.6 Å². The lowest BCUT2D eigenvalue weighted by Gasteiger charge is -2.19. The predicted molar refractivity (Wildman–Crippen MR) is 80.5 cm³/mol. The summed E-state index contributed by atoms with van der Waals surface area (Å²) < 4.78 is 10.8. The van der Waals surface area contributed by atoms with Crippen molar-refractivity contribution >= 4 is 5.69 Å². The summed E-state index contributed by atoms with van der Waals surface area (Å²) in [6.07, 6.45) is 1.14. The highest BCUT2D eigenvalue weighted by atomic mass is 16.5. The molecule has 0 aliphatic carbocycles. The molecule has 4 nitrogen and oxygen atoms in total. The Hall–Kier alpha value is -1.42. The molecule has 0 fully saturated rings. The molecule has 0 aromatic heterocycles. The van der Waals surface area contributed by atoms with Crippen molar-refractivity contribution in [2.45, 2.75) is 20.3 Å². The van der Waals surface area contributed by atoms with Gasteiger partial charge in [0.2, 0.25) is 0 Å². The molecular formula is C15H26N2O2. The number of anilines is 1. The molecule has 0 radical (unpaired) electrons. The van der Waals surface area contributed by atoms with Crippen LogP contribution < -0.4 is 20.1 Å². The van der Waals surface area contributed by atoms with E-state index in [1.807, 2.05) is 26.1 Å². The van der Waals surface area contributed by atoms with E-state index >= 15 is 0 Å². The maximum Gasteiger partial charge on any atom is 0.148 e. The van der Waals surface area contributed by atoms with Crippen molar-refractivity contribution in [3.8, 4) is 11.5 Å². The van der Waals surface area contributed by atoms with Gasteiger partial charge in [0.05, 0.1) is 19.9 Å². The molecule has 0 amide bonds. The SMILES string of the molecule is CCC(CNC)CNc1ccc(OC)c(C)c1OC. The van der Waals surface area contributed by atoms with Crippen molar-refractivity contribution in [2.24, 2.45) is 5.92 Å². The molecule has 0 spiro atoms. The fourth-order valence-corrected chi connectivity index (χ4v) is 2.20. The lowest BCUT2D eigenvalue weighted by atomic mass is 10.1. The maximum absolute atomic E-state index is 5.49. The number of nitrogens with one attached hydrogen (secondary N) is 2. The quantitative estimate of drug-likeness (QED) is 0.759. The predicted octanol–water partition coefficient (Wildman–Crippen LogP) is 2.67. The Labute approximate surface area is 116 Å². The third-order valence-electron chi connectivity index (χ3n) is 3.43. The van der Waals surface area contributed by atoms with E-state index in [0.29, 0.717) is 5.92 Å². The van der Waals surface area contributed by atoms with Crippen molar-refractivity contribution in [3.05, 3.63) is 17.7 Å². The molecule has 1 aromatic carbocycles. The largest absolute Gasteiger partial charge is 0.496 e. The molecule has 0 aliphatic rings. The average Bonchev–Trinajstić information content (AvgIpc) is 2.43. The summed E-state index contributed by atoms with van der Waals surface area (Å²) in [6, 6.07) is 3.98. The van der Waals surface area contributed by atoms with Gasteiger partial charge in [-0.25, -0.2) is 0 Å². The van der Waals surface area contributed by atoms with E-state index in [4.69, 9.17) is 9.47 Å². The minimum absolute atomic E-state index is 0.608. The lowest BCUT2D eigenvalue weighted by molar-refractivity contribution is 0.389. The van der Waals surface area contributed by atoms with Crippen LogP contribution in [-0.4, -0.2) is 34.4 Å². The molecular weight excluding hydrogens is 240 g/mol. The van der Waals surface area contributed by atoms with Crippen LogP contribution in [0.15, 0.2) is 12.1 Å². The fourth-order valence-electron chi connectivity index (χ4n) is 2.20. The minimum atomic E-state index is 0.608. The summed E-state index contributed by atoms with van der Waals surface area (Å²) >= 11 is 0. The third-order valence-corrected chi connectivity index (χ3v) is 3.43. The molecule has 108 valence electrons. The van der Waals surface area contributed by atoms with E-state index in [-0.39, 0.29) is 0 Å². The average molecular weight is 266 g/mol. The summed E-state index contributed by atoms with van der Waals surface area (Å²) in [5.74, 6) is 2.32.